The molecule has 0 radical (unpaired) electrons. The van der Waals surface area contributed by atoms with Gasteiger partial charge in [-0.15, -0.1) is 0 Å². The number of anilines is 3. The topological polar surface area (TPSA) is 54.2 Å². The van der Waals surface area contributed by atoms with Crippen LogP contribution in [0.15, 0.2) is 35.4 Å². The first-order chi connectivity index (χ1) is 8.86. The molecule has 92 valence electrons. The molecule has 6 heteroatoms. The number of hydrogen-bond donors (Lipinski definition) is 2. The van der Waals surface area contributed by atoms with Crippen molar-refractivity contribution in [1.29, 1.82) is 0 Å². The lowest BCUT2D eigenvalue weighted by atomic mass is 10.5. The minimum atomic E-state index is 0.761. The Hall–Kier alpha value is -2.08. The molecule has 3 aromatic heterocycles. The molecule has 0 atom stereocenters. The lowest BCUT2D eigenvalue weighted by Crippen LogP contribution is -2.04. The van der Waals surface area contributed by atoms with Gasteiger partial charge in [0.2, 0.25) is 0 Å². The van der Waals surface area contributed by atoms with E-state index in [1.54, 1.807) is 17.5 Å². The summed E-state index contributed by atoms with van der Waals surface area (Å²) in [5, 5.41) is 10.6. The van der Waals surface area contributed by atoms with Gasteiger partial charge in [-0.3, -0.25) is 0 Å². The average Bonchev–Trinajstić information content (AvgIpc) is 2.99. The summed E-state index contributed by atoms with van der Waals surface area (Å²) in [5.74, 6) is 1.59. The van der Waals surface area contributed by atoms with Crippen LogP contribution in [0.3, 0.4) is 0 Å². The summed E-state index contributed by atoms with van der Waals surface area (Å²) in [7, 11) is 0. The number of thiophene rings is 1. The summed E-state index contributed by atoms with van der Waals surface area (Å²) in [4.78, 5) is 8.85. The lowest BCUT2D eigenvalue weighted by Gasteiger charge is -2.09. The van der Waals surface area contributed by atoms with Crippen LogP contribution >= 0.6 is 11.3 Å². The molecule has 0 saturated carbocycles. The maximum absolute atomic E-state index is 4.54. The first kappa shape index (κ1) is 11.0. The van der Waals surface area contributed by atoms with E-state index in [9.17, 15) is 0 Å². The number of nitrogens with one attached hydrogen (secondary N) is 2. The maximum Gasteiger partial charge on any atom is 0.180 e. The summed E-state index contributed by atoms with van der Waals surface area (Å²) in [5.41, 5.74) is 1.86. The van der Waals surface area contributed by atoms with E-state index in [0.717, 1.165) is 29.5 Å². The second kappa shape index (κ2) is 4.66. The fraction of sp³-hybridized carbons (Fsp3) is 0.167. The van der Waals surface area contributed by atoms with Crippen LogP contribution in [-0.4, -0.2) is 20.9 Å². The normalized spacial score (nSPS) is 10.7. The number of fused-ring (bicyclic) bond motifs is 1. The second-order valence-electron chi connectivity index (χ2n) is 3.80. The summed E-state index contributed by atoms with van der Waals surface area (Å²) < 4.78 is 1.96. The first-order valence-electron chi connectivity index (χ1n) is 5.73. The van der Waals surface area contributed by atoms with Crippen molar-refractivity contribution in [3.05, 3.63) is 35.4 Å². The zero-order valence-corrected chi connectivity index (χ0v) is 10.7. The molecule has 0 unspecified atom stereocenters. The van der Waals surface area contributed by atoms with Crippen LogP contribution < -0.4 is 10.6 Å². The molecule has 0 amide bonds. The number of aromatic nitrogens is 3. The smallest absolute Gasteiger partial charge is 0.180 e. The quantitative estimate of drug-likeness (QED) is 0.756. The predicted octanol–water partition coefficient (Wildman–Crippen LogP) is 2.97. The van der Waals surface area contributed by atoms with Crippen LogP contribution in [0.1, 0.15) is 6.92 Å². The molecule has 0 fully saturated rings. The zero-order chi connectivity index (χ0) is 12.4. The Bertz CT molecular complexity index is 644. The van der Waals surface area contributed by atoms with Gasteiger partial charge in [0.1, 0.15) is 5.82 Å². The number of imidazole rings is 1. The molecule has 0 bridgehead atoms. The van der Waals surface area contributed by atoms with Crippen molar-refractivity contribution in [2.45, 2.75) is 6.92 Å². The molecular weight excluding hydrogens is 246 g/mol. The third-order valence-electron chi connectivity index (χ3n) is 2.52. The molecule has 0 aliphatic rings. The highest BCUT2D eigenvalue weighted by molar-refractivity contribution is 7.08. The van der Waals surface area contributed by atoms with Gasteiger partial charge in [-0.2, -0.15) is 11.3 Å². The third kappa shape index (κ3) is 2.02. The van der Waals surface area contributed by atoms with Crippen molar-refractivity contribution in [3.63, 3.8) is 0 Å². The van der Waals surface area contributed by atoms with E-state index in [4.69, 9.17) is 0 Å². The molecule has 2 N–H and O–H groups in total. The maximum atomic E-state index is 4.54. The average molecular weight is 259 g/mol. The molecule has 0 saturated heterocycles. The van der Waals surface area contributed by atoms with E-state index in [0.29, 0.717) is 0 Å². The predicted molar refractivity (Wildman–Crippen MR) is 74.8 cm³/mol. The van der Waals surface area contributed by atoms with Gasteiger partial charge in [0.25, 0.3) is 0 Å². The van der Waals surface area contributed by atoms with Crippen LogP contribution in [-0.2, 0) is 0 Å². The van der Waals surface area contributed by atoms with Gasteiger partial charge in [0, 0.05) is 24.3 Å². The SMILES string of the molecule is CCNc1cn2ccnc2c(Nc2ccsc2)n1. The van der Waals surface area contributed by atoms with Crippen LogP contribution in [0, 0.1) is 0 Å². The van der Waals surface area contributed by atoms with E-state index in [2.05, 4.69) is 20.6 Å². The van der Waals surface area contributed by atoms with Crippen molar-refractivity contribution in [3.8, 4) is 0 Å². The highest BCUT2D eigenvalue weighted by atomic mass is 32.1. The minimum Gasteiger partial charge on any atom is -0.369 e. The molecule has 0 aromatic carbocycles. The Labute approximate surface area is 109 Å². The molecule has 0 aliphatic heterocycles. The van der Waals surface area contributed by atoms with E-state index >= 15 is 0 Å². The fourth-order valence-corrected chi connectivity index (χ4v) is 2.34. The standard InChI is InChI=1S/C12H13N5S/c1-2-13-10-7-17-5-4-14-12(17)11(16-10)15-9-3-6-18-8-9/h3-8,13H,2H2,1H3,(H,15,16). The van der Waals surface area contributed by atoms with Crippen molar-refractivity contribution in [2.75, 3.05) is 17.2 Å². The Balaban J connectivity index is 2.04. The Morgan fingerprint density at radius 3 is 3.17 bits per heavy atom. The van der Waals surface area contributed by atoms with Crippen molar-refractivity contribution >= 4 is 34.3 Å². The molecule has 18 heavy (non-hydrogen) atoms. The van der Waals surface area contributed by atoms with Gasteiger partial charge < -0.3 is 15.0 Å². The molecule has 3 aromatic rings. The monoisotopic (exact) mass is 259 g/mol. The molecule has 5 nitrogen and oxygen atoms in total. The van der Waals surface area contributed by atoms with Crippen LogP contribution in [0.5, 0.6) is 0 Å². The second-order valence-corrected chi connectivity index (χ2v) is 4.58. The number of hydrogen-bond acceptors (Lipinski definition) is 5. The van der Waals surface area contributed by atoms with Gasteiger partial charge in [0.05, 0.1) is 11.9 Å². The molecule has 3 rings (SSSR count). The van der Waals surface area contributed by atoms with Crippen LogP contribution in [0.2, 0.25) is 0 Å². The van der Waals surface area contributed by atoms with Crippen molar-refractivity contribution in [1.82, 2.24) is 14.4 Å². The van der Waals surface area contributed by atoms with E-state index < -0.39 is 0 Å². The number of rotatable bonds is 4. The Kier molecular flexibility index (Phi) is 2.85. The first-order valence-corrected chi connectivity index (χ1v) is 6.68. The van der Waals surface area contributed by atoms with Gasteiger partial charge in [0.15, 0.2) is 11.5 Å². The van der Waals surface area contributed by atoms with Gasteiger partial charge in [-0.1, -0.05) is 0 Å². The third-order valence-corrected chi connectivity index (χ3v) is 3.20. The molecule has 0 spiro atoms. The number of nitrogens with zero attached hydrogens (tertiary/aromatic N) is 3. The zero-order valence-electron chi connectivity index (χ0n) is 9.92. The van der Waals surface area contributed by atoms with Crippen molar-refractivity contribution < 1.29 is 0 Å². The summed E-state index contributed by atoms with van der Waals surface area (Å²) >= 11 is 1.65. The van der Waals surface area contributed by atoms with Crippen LogP contribution in [0.25, 0.3) is 5.65 Å². The van der Waals surface area contributed by atoms with E-state index in [1.807, 2.05) is 40.5 Å². The van der Waals surface area contributed by atoms with Gasteiger partial charge in [-0.25, -0.2) is 9.97 Å². The van der Waals surface area contributed by atoms with Gasteiger partial charge in [-0.05, 0) is 18.4 Å². The highest BCUT2D eigenvalue weighted by Gasteiger charge is 2.07. The molecular formula is C12H13N5S. The Morgan fingerprint density at radius 1 is 1.44 bits per heavy atom. The largest absolute Gasteiger partial charge is 0.369 e. The minimum absolute atomic E-state index is 0.761. The molecule has 0 aliphatic carbocycles. The lowest BCUT2D eigenvalue weighted by molar-refractivity contribution is 1.09. The highest BCUT2D eigenvalue weighted by Crippen LogP contribution is 2.22. The van der Waals surface area contributed by atoms with E-state index in [1.165, 1.54) is 0 Å². The molecule has 3 heterocycles. The summed E-state index contributed by atoms with van der Waals surface area (Å²) in [6.45, 7) is 2.89. The Morgan fingerprint density at radius 2 is 2.39 bits per heavy atom. The van der Waals surface area contributed by atoms with Crippen molar-refractivity contribution in [2.24, 2.45) is 0 Å². The fourth-order valence-electron chi connectivity index (χ4n) is 1.75. The summed E-state index contributed by atoms with van der Waals surface area (Å²) in [6, 6.07) is 2.02. The van der Waals surface area contributed by atoms with Crippen LogP contribution in [0.4, 0.5) is 17.3 Å². The summed E-state index contributed by atoms with van der Waals surface area (Å²) in [6.07, 6.45) is 5.62. The van der Waals surface area contributed by atoms with E-state index in [-0.39, 0.29) is 0 Å². The van der Waals surface area contributed by atoms with Gasteiger partial charge >= 0.3 is 0 Å².